The number of amides is 1. The maximum atomic E-state index is 12.4. The second-order valence-electron chi connectivity index (χ2n) is 9.26. The standard InChI is InChI=1S/C27H32Cl2N4O2S/c1-17-14-19(15-23(28)25(17)29)16-33-11-9-21(10-12-33)31-24(34)4-3-13-35-22-7-5-20(6-8-22)26-18(2)36-27(30)32-26/h5-8,14-15,21H,3-4,9-13,16H2,1-2H3,(H2,30,32)(H,31,34). The number of aromatic nitrogens is 1. The molecule has 4 rings (SSSR count). The molecular weight excluding hydrogens is 515 g/mol. The van der Waals surface area contributed by atoms with Gasteiger partial charge in [0.2, 0.25) is 5.91 Å². The van der Waals surface area contributed by atoms with E-state index in [0.29, 0.717) is 34.6 Å². The van der Waals surface area contributed by atoms with Crippen LogP contribution in [0.5, 0.6) is 5.75 Å². The van der Waals surface area contributed by atoms with Gasteiger partial charge in [-0.2, -0.15) is 0 Å². The van der Waals surface area contributed by atoms with Gasteiger partial charge < -0.3 is 15.8 Å². The molecule has 6 nitrogen and oxygen atoms in total. The highest BCUT2D eigenvalue weighted by Gasteiger charge is 2.21. The summed E-state index contributed by atoms with van der Waals surface area (Å²) in [5, 5.41) is 4.98. The molecule has 3 aromatic rings. The molecule has 0 spiro atoms. The van der Waals surface area contributed by atoms with Gasteiger partial charge in [0.25, 0.3) is 0 Å². The third-order valence-corrected chi connectivity index (χ3v) is 8.08. The van der Waals surface area contributed by atoms with E-state index in [1.54, 1.807) is 0 Å². The molecule has 3 N–H and O–H groups in total. The number of aryl methyl sites for hydroxylation is 2. The van der Waals surface area contributed by atoms with Gasteiger partial charge in [-0.05, 0) is 74.6 Å². The molecule has 2 aromatic carbocycles. The van der Waals surface area contributed by atoms with E-state index in [2.05, 4.69) is 21.3 Å². The number of ether oxygens (including phenoxy) is 1. The highest BCUT2D eigenvalue weighted by molar-refractivity contribution is 7.15. The smallest absolute Gasteiger partial charge is 0.220 e. The summed E-state index contributed by atoms with van der Waals surface area (Å²) in [5.74, 6) is 0.869. The van der Waals surface area contributed by atoms with E-state index in [9.17, 15) is 4.79 Å². The van der Waals surface area contributed by atoms with Gasteiger partial charge in [-0.3, -0.25) is 9.69 Å². The normalized spacial score (nSPS) is 14.7. The number of carbonyl (C=O) groups excluding carboxylic acids is 1. The monoisotopic (exact) mass is 546 g/mol. The zero-order valence-electron chi connectivity index (χ0n) is 20.7. The van der Waals surface area contributed by atoms with Crippen LogP contribution in [0, 0.1) is 13.8 Å². The van der Waals surface area contributed by atoms with Crippen molar-refractivity contribution in [1.82, 2.24) is 15.2 Å². The number of nitrogen functional groups attached to an aromatic ring is 1. The fraction of sp³-hybridized carbons (Fsp3) is 0.407. The Labute approximate surface area is 226 Å². The second kappa shape index (κ2) is 12.3. The van der Waals surface area contributed by atoms with Gasteiger partial charge in [-0.1, -0.05) is 29.3 Å². The van der Waals surface area contributed by atoms with Crippen molar-refractivity contribution in [3.63, 3.8) is 0 Å². The van der Waals surface area contributed by atoms with Gasteiger partial charge in [0.05, 0.1) is 22.3 Å². The molecule has 2 heterocycles. The molecule has 0 radical (unpaired) electrons. The van der Waals surface area contributed by atoms with Crippen LogP contribution in [0.2, 0.25) is 10.0 Å². The summed E-state index contributed by atoms with van der Waals surface area (Å²) in [6, 6.07) is 12.1. The molecule has 0 saturated carbocycles. The number of benzene rings is 2. The molecule has 0 bridgehead atoms. The maximum Gasteiger partial charge on any atom is 0.220 e. The molecule has 0 unspecified atom stereocenters. The van der Waals surface area contributed by atoms with E-state index in [0.717, 1.165) is 59.9 Å². The molecule has 1 saturated heterocycles. The molecule has 0 aliphatic carbocycles. The lowest BCUT2D eigenvalue weighted by molar-refractivity contribution is -0.122. The summed E-state index contributed by atoms with van der Waals surface area (Å²) in [5.41, 5.74) is 9.90. The Balaban J connectivity index is 1.13. The molecule has 1 aliphatic rings. The second-order valence-corrected chi connectivity index (χ2v) is 11.3. The number of nitrogens with zero attached hydrogens (tertiary/aromatic N) is 2. The van der Waals surface area contributed by atoms with Crippen LogP contribution in [0.15, 0.2) is 36.4 Å². The summed E-state index contributed by atoms with van der Waals surface area (Å²) < 4.78 is 5.82. The molecule has 0 atom stereocenters. The zero-order valence-corrected chi connectivity index (χ0v) is 23.0. The Bertz CT molecular complexity index is 1170. The molecule has 1 aromatic heterocycles. The number of halogens is 2. The number of likely N-dealkylation sites (tertiary alicyclic amines) is 1. The number of nitrogens with one attached hydrogen (secondary N) is 1. The Morgan fingerprint density at radius 1 is 1.19 bits per heavy atom. The molecule has 192 valence electrons. The first-order valence-electron chi connectivity index (χ1n) is 12.2. The van der Waals surface area contributed by atoms with Crippen LogP contribution in [0.25, 0.3) is 11.3 Å². The molecule has 1 amide bonds. The van der Waals surface area contributed by atoms with Gasteiger partial charge in [0.15, 0.2) is 5.13 Å². The Hall–Kier alpha value is -2.32. The van der Waals surface area contributed by atoms with Crippen molar-refractivity contribution in [2.75, 3.05) is 25.4 Å². The van der Waals surface area contributed by atoms with Crippen LogP contribution in [0.1, 0.15) is 41.7 Å². The summed E-state index contributed by atoms with van der Waals surface area (Å²) >= 11 is 13.9. The quantitative estimate of drug-likeness (QED) is 0.310. The van der Waals surface area contributed by atoms with Crippen LogP contribution < -0.4 is 15.8 Å². The Kier molecular flexibility index (Phi) is 9.12. The minimum atomic E-state index is 0.0871. The van der Waals surface area contributed by atoms with E-state index in [1.165, 1.54) is 16.9 Å². The summed E-state index contributed by atoms with van der Waals surface area (Å²) in [7, 11) is 0. The Morgan fingerprint density at radius 3 is 2.56 bits per heavy atom. The van der Waals surface area contributed by atoms with E-state index in [-0.39, 0.29) is 11.9 Å². The number of nitrogens with two attached hydrogens (primary N) is 1. The average Bonchev–Trinajstić information content (AvgIpc) is 3.19. The van der Waals surface area contributed by atoms with Crippen molar-refractivity contribution in [3.8, 4) is 17.0 Å². The van der Waals surface area contributed by atoms with Gasteiger partial charge >= 0.3 is 0 Å². The molecule has 9 heteroatoms. The van der Waals surface area contributed by atoms with Crippen molar-refractivity contribution in [3.05, 3.63) is 62.4 Å². The van der Waals surface area contributed by atoms with E-state index < -0.39 is 0 Å². The van der Waals surface area contributed by atoms with Gasteiger partial charge in [0, 0.05) is 42.5 Å². The first-order chi connectivity index (χ1) is 17.3. The largest absolute Gasteiger partial charge is 0.494 e. The highest BCUT2D eigenvalue weighted by Crippen LogP contribution is 2.30. The number of hydrogen-bond acceptors (Lipinski definition) is 6. The summed E-state index contributed by atoms with van der Waals surface area (Å²) in [4.78, 5) is 20.3. The van der Waals surface area contributed by atoms with Crippen molar-refractivity contribution in [1.29, 1.82) is 0 Å². The van der Waals surface area contributed by atoms with E-state index >= 15 is 0 Å². The van der Waals surface area contributed by atoms with Crippen LogP contribution in [-0.2, 0) is 11.3 Å². The van der Waals surface area contributed by atoms with Crippen LogP contribution in [-0.4, -0.2) is 41.5 Å². The molecule has 1 aliphatic heterocycles. The number of carbonyl (C=O) groups is 1. The maximum absolute atomic E-state index is 12.4. The zero-order chi connectivity index (χ0) is 25.7. The minimum absolute atomic E-state index is 0.0871. The van der Waals surface area contributed by atoms with Gasteiger partial charge in [-0.15, -0.1) is 11.3 Å². The van der Waals surface area contributed by atoms with Gasteiger partial charge in [0.1, 0.15) is 5.75 Å². The number of anilines is 1. The average molecular weight is 548 g/mol. The predicted octanol–water partition coefficient (Wildman–Crippen LogP) is 6.26. The van der Waals surface area contributed by atoms with Crippen LogP contribution >= 0.6 is 34.5 Å². The molecular formula is C27H32Cl2N4O2S. The third-order valence-electron chi connectivity index (χ3n) is 6.39. The lowest BCUT2D eigenvalue weighted by atomic mass is 10.0. The molecule has 1 fully saturated rings. The number of piperidine rings is 1. The predicted molar refractivity (Wildman–Crippen MR) is 149 cm³/mol. The minimum Gasteiger partial charge on any atom is -0.494 e. The number of hydrogen-bond donors (Lipinski definition) is 2. The lowest BCUT2D eigenvalue weighted by Gasteiger charge is -2.32. The Morgan fingerprint density at radius 2 is 1.92 bits per heavy atom. The summed E-state index contributed by atoms with van der Waals surface area (Å²) in [6.07, 6.45) is 3.01. The number of thiazole rings is 1. The first-order valence-corrected chi connectivity index (χ1v) is 13.8. The fourth-order valence-corrected chi connectivity index (χ4v) is 5.61. The summed E-state index contributed by atoms with van der Waals surface area (Å²) in [6.45, 7) is 7.21. The van der Waals surface area contributed by atoms with Crippen LogP contribution in [0.3, 0.4) is 0 Å². The van der Waals surface area contributed by atoms with E-state index in [1.807, 2.05) is 44.2 Å². The first kappa shape index (κ1) is 26.7. The lowest BCUT2D eigenvalue weighted by Crippen LogP contribution is -2.44. The highest BCUT2D eigenvalue weighted by atomic mass is 35.5. The van der Waals surface area contributed by atoms with Crippen molar-refractivity contribution >= 4 is 45.6 Å². The van der Waals surface area contributed by atoms with Crippen molar-refractivity contribution < 1.29 is 9.53 Å². The van der Waals surface area contributed by atoms with Crippen molar-refractivity contribution in [2.45, 2.75) is 52.1 Å². The third kappa shape index (κ3) is 7.13. The topological polar surface area (TPSA) is 80.5 Å². The number of rotatable bonds is 9. The van der Waals surface area contributed by atoms with Gasteiger partial charge in [-0.25, -0.2) is 4.98 Å². The van der Waals surface area contributed by atoms with Crippen LogP contribution in [0.4, 0.5) is 5.13 Å². The molecule has 36 heavy (non-hydrogen) atoms. The van der Waals surface area contributed by atoms with Crippen molar-refractivity contribution in [2.24, 2.45) is 0 Å². The fourth-order valence-electron chi connectivity index (χ4n) is 4.50. The van der Waals surface area contributed by atoms with E-state index in [4.69, 9.17) is 33.7 Å². The SMILES string of the molecule is Cc1cc(CN2CCC(NC(=O)CCCOc3ccc(-c4nc(N)sc4C)cc3)CC2)cc(Cl)c1Cl.